The molecule has 1 aliphatic rings. The lowest BCUT2D eigenvalue weighted by Crippen LogP contribution is -2.27. The van der Waals surface area contributed by atoms with E-state index in [1.165, 1.54) is 12.8 Å². The molecule has 2 aromatic rings. The van der Waals surface area contributed by atoms with Crippen molar-refractivity contribution in [3.63, 3.8) is 0 Å². The zero-order chi connectivity index (χ0) is 13.4. The standard InChI is InChI=1S/C14H17N3O2/c1-16-6-2-4-10(16)8-13-15-9-12-11(14(18)19)5-3-7-17(12)13/h3,5,7,9-10H,2,4,6,8H2,1H3,(H,18,19). The van der Waals surface area contributed by atoms with Crippen LogP contribution in [0.5, 0.6) is 0 Å². The Kier molecular flexibility index (Phi) is 2.98. The maximum Gasteiger partial charge on any atom is 0.337 e. The number of hydrogen-bond donors (Lipinski definition) is 1. The Morgan fingerprint density at radius 1 is 1.58 bits per heavy atom. The summed E-state index contributed by atoms with van der Waals surface area (Å²) in [6, 6.07) is 3.89. The first-order chi connectivity index (χ1) is 9.16. The van der Waals surface area contributed by atoms with Gasteiger partial charge < -0.3 is 14.4 Å². The number of likely N-dealkylation sites (N-methyl/N-ethyl adjacent to an activating group) is 1. The molecule has 0 radical (unpaired) electrons. The Balaban J connectivity index is 1.97. The number of aromatic carboxylic acids is 1. The quantitative estimate of drug-likeness (QED) is 0.911. The SMILES string of the molecule is CN1CCCC1Cc1ncc2c(C(=O)O)cccn12. The van der Waals surface area contributed by atoms with Crippen LogP contribution in [0.25, 0.3) is 5.52 Å². The maximum atomic E-state index is 11.2. The lowest BCUT2D eigenvalue weighted by Gasteiger charge is -2.18. The van der Waals surface area contributed by atoms with Crippen LogP contribution in [0.3, 0.4) is 0 Å². The van der Waals surface area contributed by atoms with Gasteiger partial charge in [0.15, 0.2) is 0 Å². The lowest BCUT2D eigenvalue weighted by atomic mass is 10.1. The molecule has 0 bridgehead atoms. The number of likely N-dealkylation sites (tertiary alicyclic amines) is 1. The fourth-order valence-corrected chi connectivity index (χ4v) is 2.86. The van der Waals surface area contributed by atoms with E-state index in [1.54, 1.807) is 18.3 Å². The Hall–Kier alpha value is -1.88. The summed E-state index contributed by atoms with van der Waals surface area (Å²) < 4.78 is 1.90. The number of fused-ring (bicyclic) bond motifs is 1. The van der Waals surface area contributed by atoms with Crippen molar-refractivity contribution in [3.8, 4) is 0 Å². The molecule has 3 heterocycles. The summed E-state index contributed by atoms with van der Waals surface area (Å²) in [6.45, 7) is 1.13. The zero-order valence-electron chi connectivity index (χ0n) is 10.9. The molecule has 0 amide bonds. The van der Waals surface area contributed by atoms with Crippen LogP contribution in [0.4, 0.5) is 0 Å². The van der Waals surface area contributed by atoms with E-state index in [0.717, 1.165) is 18.8 Å². The Bertz CT molecular complexity index is 620. The third-order valence-electron chi connectivity index (χ3n) is 3.97. The average Bonchev–Trinajstić information content (AvgIpc) is 2.97. The number of carboxylic acid groups (broad SMARTS) is 1. The topological polar surface area (TPSA) is 57.8 Å². The molecule has 0 aliphatic carbocycles. The fourth-order valence-electron chi connectivity index (χ4n) is 2.86. The molecule has 5 nitrogen and oxygen atoms in total. The van der Waals surface area contributed by atoms with Gasteiger partial charge in [-0.1, -0.05) is 0 Å². The minimum Gasteiger partial charge on any atom is -0.478 e. The number of imidazole rings is 1. The van der Waals surface area contributed by atoms with Crippen molar-refractivity contribution in [1.82, 2.24) is 14.3 Å². The van der Waals surface area contributed by atoms with Gasteiger partial charge in [-0.3, -0.25) is 0 Å². The predicted octanol–water partition coefficient (Wildman–Crippen LogP) is 1.67. The number of hydrogen-bond acceptors (Lipinski definition) is 3. The predicted molar refractivity (Wildman–Crippen MR) is 71.5 cm³/mol. The molecule has 2 aromatic heterocycles. The molecule has 1 unspecified atom stereocenters. The van der Waals surface area contributed by atoms with E-state index in [-0.39, 0.29) is 0 Å². The van der Waals surface area contributed by atoms with Gasteiger partial charge in [-0.15, -0.1) is 0 Å². The van der Waals surface area contributed by atoms with E-state index in [2.05, 4.69) is 16.9 Å². The van der Waals surface area contributed by atoms with Crippen molar-refractivity contribution in [2.45, 2.75) is 25.3 Å². The third kappa shape index (κ3) is 2.10. The highest BCUT2D eigenvalue weighted by atomic mass is 16.4. The molecule has 0 spiro atoms. The highest BCUT2D eigenvalue weighted by Crippen LogP contribution is 2.20. The van der Waals surface area contributed by atoms with Crippen LogP contribution in [0.15, 0.2) is 24.5 Å². The fraction of sp³-hybridized carbons (Fsp3) is 0.429. The minimum absolute atomic E-state index is 0.307. The second-order valence-corrected chi connectivity index (χ2v) is 5.14. The summed E-state index contributed by atoms with van der Waals surface area (Å²) in [6.07, 6.45) is 6.83. The number of pyridine rings is 1. The van der Waals surface area contributed by atoms with Gasteiger partial charge in [0.1, 0.15) is 5.82 Å². The molecule has 1 aliphatic heterocycles. The van der Waals surface area contributed by atoms with Crippen LogP contribution in [0.1, 0.15) is 29.0 Å². The van der Waals surface area contributed by atoms with Gasteiger partial charge in [-0.25, -0.2) is 9.78 Å². The van der Waals surface area contributed by atoms with Crippen LogP contribution >= 0.6 is 0 Å². The van der Waals surface area contributed by atoms with Gasteiger partial charge in [0.25, 0.3) is 0 Å². The lowest BCUT2D eigenvalue weighted by molar-refractivity contribution is 0.0698. The smallest absolute Gasteiger partial charge is 0.337 e. The second-order valence-electron chi connectivity index (χ2n) is 5.14. The molecule has 3 rings (SSSR count). The number of nitrogens with zero attached hydrogens (tertiary/aromatic N) is 3. The van der Waals surface area contributed by atoms with Crippen LogP contribution in [0, 0.1) is 0 Å². The molecule has 19 heavy (non-hydrogen) atoms. The van der Waals surface area contributed by atoms with E-state index in [0.29, 0.717) is 17.1 Å². The van der Waals surface area contributed by atoms with Crippen molar-refractivity contribution in [1.29, 1.82) is 0 Å². The Morgan fingerprint density at radius 3 is 3.11 bits per heavy atom. The summed E-state index contributed by atoms with van der Waals surface area (Å²) in [5, 5.41) is 9.17. The largest absolute Gasteiger partial charge is 0.478 e. The van der Waals surface area contributed by atoms with Crippen molar-refractivity contribution in [2.24, 2.45) is 0 Å². The Labute approximate surface area is 111 Å². The molecule has 100 valence electrons. The minimum atomic E-state index is -0.907. The third-order valence-corrected chi connectivity index (χ3v) is 3.97. The van der Waals surface area contributed by atoms with E-state index in [4.69, 9.17) is 5.11 Å². The number of carbonyl (C=O) groups is 1. The average molecular weight is 259 g/mol. The monoisotopic (exact) mass is 259 g/mol. The van der Waals surface area contributed by atoms with Gasteiger partial charge >= 0.3 is 5.97 Å². The zero-order valence-corrected chi connectivity index (χ0v) is 10.9. The molecule has 1 fully saturated rings. The maximum absolute atomic E-state index is 11.2. The van der Waals surface area contributed by atoms with Crippen molar-refractivity contribution >= 4 is 11.5 Å². The first-order valence-corrected chi connectivity index (χ1v) is 6.55. The van der Waals surface area contributed by atoms with Crippen molar-refractivity contribution < 1.29 is 9.90 Å². The summed E-state index contributed by atoms with van der Waals surface area (Å²) in [4.78, 5) is 17.9. The van der Waals surface area contributed by atoms with Crippen LogP contribution in [-0.2, 0) is 6.42 Å². The van der Waals surface area contributed by atoms with E-state index >= 15 is 0 Å². The summed E-state index contributed by atoms with van der Waals surface area (Å²) in [5.74, 6) is 0.0342. The molecule has 0 saturated carbocycles. The molecule has 1 N–H and O–H groups in total. The molecule has 0 aromatic carbocycles. The highest BCUT2D eigenvalue weighted by molar-refractivity contribution is 5.95. The van der Waals surface area contributed by atoms with Crippen LogP contribution in [0.2, 0.25) is 0 Å². The second kappa shape index (κ2) is 4.66. The Morgan fingerprint density at radius 2 is 2.42 bits per heavy atom. The van der Waals surface area contributed by atoms with Gasteiger partial charge in [-0.2, -0.15) is 0 Å². The molecular formula is C14H17N3O2. The number of carboxylic acids is 1. The molecule has 5 heteroatoms. The van der Waals surface area contributed by atoms with E-state index in [9.17, 15) is 4.79 Å². The van der Waals surface area contributed by atoms with Gasteiger partial charge in [-0.05, 0) is 38.6 Å². The normalized spacial score (nSPS) is 20.2. The van der Waals surface area contributed by atoms with Gasteiger partial charge in [0.2, 0.25) is 0 Å². The first kappa shape index (κ1) is 12.2. The van der Waals surface area contributed by atoms with Crippen LogP contribution < -0.4 is 0 Å². The first-order valence-electron chi connectivity index (χ1n) is 6.55. The summed E-state index contributed by atoms with van der Waals surface area (Å²) in [7, 11) is 2.14. The van der Waals surface area contributed by atoms with Gasteiger partial charge in [0, 0.05) is 18.7 Å². The number of rotatable bonds is 3. The summed E-state index contributed by atoms with van der Waals surface area (Å²) in [5.41, 5.74) is 0.978. The summed E-state index contributed by atoms with van der Waals surface area (Å²) >= 11 is 0. The highest BCUT2D eigenvalue weighted by Gasteiger charge is 2.23. The van der Waals surface area contributed by atoms with Crippen LogP contribution in [-0.4, -0.2) is 45.0 Å². The molecular weight excluding hydrogens is 242 g/mol. The van der Waals surface area contributed by atoms with Gasteiger partial charge in [0.05, 0.1) is 17.3 Å². The van der Waals surface area contributed by atoms with E-state index in [1.807, 2.05) is 10.6 Å². The van der Waals surface area contributed by atoms with Crippen molar-refractivity contribution in [3.05, 3.63) is 35.9 Å². The molecule has 1 atom stereocenters. The van der Waals surface area contributed by atoms with E-state index < -0.39 is 5.97 Å². The number of aromatic nitrogens is 2. The molecule has 1 saturated heterocycles. The van der Waals surface area contributed by atoms with Crippen molar-refractivity contribution in [2.75, 3.05) is 13.6 Å².